The minimum absolute atomic E-state index is 0.819. The Morgan fingerprint density at radius 1 is 1.18 bits per heavy atom. The van der Waals surface area contributed by atoms with Gasteiger partial charge in [-0.2, -0.15) is 5.10 Å². The van der Waals surface area contributed by atoms with Crippen molar-refractivity contribution in [3.8, 4) is 0 Å². The molecular weight excluding hydrogens is 210 g/mol. The average molecular weight is 229 g/mol. The van der Waals surface area contributed by atoms with Crippen molar-refractivity contribution >= 4 is 0 Å². The summed E-state index contributed by atoms with van der Waals surface area (Å²) in [5.74, 6) is 0. The van der Waals surface area contributed by atoms with E-state index in [9.17, 15) is 0 Å². The zero-order valence-electron chi connectivity index (χ0n) is 10.7. The third-order valence-electron chi connectivity index (χ3n) is 2.68. The minimum Gasteiger partial charge on any atom is -0.314 e. The lowest BCUT2D eigenvalue weighted by Crippen LogP contribution is -2.07. The van der Waals surface area contributed by atoms with Gasteiger partial charge in [-0.3, -0.25) is 4.68 Å². The molecule has 0 unspecified atom stereocenters. The van der Waals surface area contributed by atoms with E-state index in [-0.39, 0.29) is 0 Å². The molecule has 1 aromatic carbocycles. The first-order valence-electron chi connectivity index (χ1n) is 5.91. The largest absolute Gasteiger partial charge is 0.314 e. The van der Waals surface area contributed by atoms with Gasteiger partial charge < -0.3 is 5.32 Å². The number of nitrogens with zero attached hydrogens (tertiary/aromatic N) is 2. The Labute approximate surface area is 102 Å². The summed E-state index contributed by atoms with van der Waals surface area (Å²) in [4.78, 5) is 0. The van der Waals surface area contributed by atoms with Crippen molar-refractivity contribution in [3.05, 3.63) is 52.8 Å². The molecule has 0 spiro atoms. The maximum Gasteiger partial charge on any atom is 0.0762 e. The highest BCUT2D eigenvalue weighted by Crippen LogP contribution is 2.10. The summed E-state index contributed by atoms with van der Waals surface area (Å²) in [5.41, 5.74) is 5.00. The Morgan fingerprint density at radius 3 is 2.53 bits per heavy atom. The Morgan fingerprint density at radius 2 is 1.88 bits per heavy atom. The van der Waals surface area contributed by atoms with Crippen molar-refractivity contribution in [3.63, 3.8) is 0 Å². The summed E-state index contributed by atoms with van der Waals surface area (Å²) in [5, 5.41) is 7.61. The van der Waals surface area contributed by atoms with Gasteiger partial charge in [-0.15, -0.1) is 0 Å². The highest BCUT2D eigenvalue weighted by molar-refractivity contribution is 5.28. The monoisotopic (exact) mass is 229 g/mol. The maximum atomic E-state index is 4.51. The van der Waals surface area contributed by atoms with Crippen LogP contribution in [0, 0.1) is 13.8 Å². The van der Waals surface area contributed by atoms with Crippen LogP contribution in [0.1, 0.15) is 22.4 Å². The number of hydrogen-bond acceptors (Lipinski definition) is 2. The lowest BCUT2D eigenvalue weighted by molar-refractivity contribution is 0.658. The van der Waals surface area contributed by atoms with Gasteiger partial charge in [0.15, 0.2) is 0 Å². The van der Waals surface area contributed by atoms with Gasteiger partial charge >= 0.3 is 0 Å². The smallest absolute Gasteiger partial charge is 0.0762 e. The fraction of sp³-hybridized carbons (Fsp3) is 0.357. The number of rotatable bonds is 4. The van der Waals surface area contributed by atoms with Crippen LogP contribution in [-0.4, -0.2) is 16.8 Å². The normalized spacial score (nSPS) is 10.8. The van der Waals surface area contributed by atoms with Gasteiger partial charge in [-0.05, 0) is 32.5 Å². The molecule has 0 atom stereocenters. The molecule has 2 rings (SSSR count). The summed E-state index contributed by atoms with van der Waals surface area (Å²) < 4.78 is 1.99. The molecule has 0 amide bonds. The fourth-order valence-electron chi connectivity index (χ4n) is 2.11. The first-order chi connectivity index (χ1) is 8.17. The van der Waals surface area contributed by atoms with Crippen LogP contribution in [0.25, 0.3) is 0 Å². The Bertz CT molecular complexity index is 480. The molecular formula is C14H19N3. The number of hydrogen-bond donors (Lipinski definition) is 1. The first-order valence-corrected chi connectivity index (χ1v) is 5.91. The molecule has 0 aliphatic carbocycles. The fourth-order valence-corrected chi connectivity index (χ4v) is 2.11. The van der Waals surface area contributed by atoms with E-state index in [2.05, 4.69) is 48.5 Å². The van der Waals surface area contributed by atoms with Crippen LogP contribution in [0.3, 0.4) is 0 Å². The number of aromatic nitrogens is 2. The molecule has 17 heavy (non-hydrogen) atoms. The van der Waals surface area contributed by atoms with Crippen LogP contribution in [0.5, 0.6) is 0 Å². The molecule has 0 saturated heterocycles. The second-order valence-electron chi connectivity index (χ2n) is 4.53. The van der Waals surface area contributed by atoms with E-state index < -0.39 is 0 Å². The molecule has 1 N–H and O–H groups in total. The van der Waals surface area contributed by atoms with Gasteiger partial charge in [0.1, 0.15) is 0 Å². The highest BCUT2D eigenvalue weighted by atomic mass is 15.3. The predicted molar refractivity (Wildman–Crippen MR) is 70.0 cm³/mol. The molecule has 0 aliphatic heterocycles. The van der Waals surface area contributed by atoms with Crippen LogP contribution in [0.4, 0.5) is 0 Å². The second kappa shape index (κ2) is 5.15. The molecule has 3 heteroatoms. The molecule has 2 aromatic rings. The highest BCUT2D eigenvalue weighted by Gasteiger charge is 2.00. The van der Waals surface area contributed by atoms with Crippen molar-refractivity contribution < 1.29 is 0 Å². The van der Waals surface area contributed by atoms with Crippen molar-refractivity contribution in [1.82, 2.24) is 15.1 Å². The summed E-state index contributed by atoms with van der Waals surface area (Å²) >= 11 is 0. The van der Waals surface area contributed by atoms with E-state index in [1.54, 1.807) is 0 Å². The van der Waals surface area contributed by atoms with E-state index in [0.717, 1.165) is 18.8 Å². The average Bonchev–Trinajstić information content (AvgIpc) is 2.64. The number of benzene rings is 1. The minimum atomic E-state index is 0.819. The predicted octanol–water partition coefficient (Wildman–Crippen LogP) is 2.27. The Kier molecular flexibility index (Phi) is 3.59. The third kappa shape index (κ3) is 3.17. The molecule has 0 aliphatic rings. The van der Waals surface area contributed by atoms with Gasteiger partial charge in [0.2, 0.25) is 0 Å². The van der Waals surface area contributed by atoms with Crippen molar-refractivity contribution in [1.29, 1.82) is 0 Å². The Balaban J connectivity index is 2.13. The van der Waals surface area contributed by atoms with Gasteiger partial charge in [-0.25, -0.2) is 0 Å². The maximum absolute atomic E-state index is 4.51. The van der Waals surface area contributed by atoms with Crippen molar-refractivity contribution in [2.45, 2.75) is 26.9 Å². The molecule has 1 aromatic heterocycles. The molecule has 90 valence electrons. The van der Waals surface area contributed by atoms with E-state index >= 15 is 0 Å². The van der Waals surface area contributed by atoms with E-state index in [1.165, 1.54) is 16.7 Å². The van der Waals surface area contributed by atoms with E-state index in [0.29, 0.717) is 0 Å². The Hall–Kier alpha value is -1.61. The first kappa shape index (κ1) is 11.9. The molecule has 0 bridgehead atoms. The quantitative estimate of drug-likeness (QED) is 0.871. The van der Waals surface area contributed by atoms with Gasteiger partial charge in [0.25, 0.3) is 0 Å². The molecule has 3 nitrogen and oxygen atoms in total. The van der Waals surface area contributed by atoms with Gasteiger partial charge in [0.05, 0.1) is 12.2 Å². The van der Waals surface area contributed by atoms with Crippen LogP contribution in [0.2, 0.25) is 0 Å². The van der Waals surface area contributed by atoms with E-state index in [1.807, 2.05) is 17.9 Å². The second-order valence-corrected chi connectivity index (χ2v) is 4.53. The van der Waals surface area contributed by atoms with Crippen LogP contribution < -0.4 is 5.32 Å². The zero-order valence-corrected chi connectivity index (χ0v) is 10.7. The lowest BCUT2D eigenvalue weighted by Gasteiger charge is -2.05. The van der Waals surface area contributed by atoms with Gasteiger partial charge in [-0.1, -0.05) is 29.3 Å². The SMILES string of the molecule is CNCc1ccn(Cc2cc(C)cc(C)c2)n1. The van der Waals surface area contributed by atoms with Gasteiger partial charge in [0, 0.05) is 12.7 Å². The summed E-state index contributed by atoms with van der Waals surface area (Å²) in [6.07, 6.45) is 2.03. The third-order valence-corrected chi connectivity index (χ3v) is 2.68. The topological polar surface area (TPSA) is 29.9 Å². The summed E-state index contributed by atoms with van der Waals surface area (Å²) in [6, 6.07) is 8.68. The van der Waals surface area contributed by atoms with Crippen molar-refractivity contribution in [2.24, 2.45) is 0 Å². The van der Waals surface area contributed by atoms with Crippen molar-refractivity contribution in [2.75, 3.05) is 7.05 Å². The van der Waals surface area contributed by atoms with Crippen LogP contribution in [-0.2, 0) is 13.1 Å². The zero-order chi connectivity index (χ0) is 12.3. The summed E-state index contributed by atoms with van der Waals surface area (Å²) in [6.45, 7) is 5.92. The molecule has 0 fully saturated rings. The van der Waals surface area contributed by atoms with E-state index in [4.69, 9.17) is 0 Å². The molecule has 0 saturated carbocycles. The standard InChI is InChI=1S/C14H19N3/c1-11-6-12(2)8-13(7-11)10-17-5-4-14(16-17)9-15-3/h4-8,15H,9-10H2,1-3H3. The lowest BCUT2D eigenvalue weighted by atomic mass is 10.1. The van der Waals surface area contributed by atoms with Crippen LogP contribution >= 0.6 is 0 Å². The molecule has 0 radical (unpaired) electrons. The number of nitrogens with one attached hydrogen (secondary N) is 1. The summed E-state index contributed by atoms with van der Waals surface area (Å²) in [7, 11) is 1.93. The molecule has 1 heterocycles. The number of aryl methyl sites for hydroxylation is 2. The van der Waals surface area contributed by atoms with Crippen LogP contribution in [0.15, 0.2) is 30.5 Å².